The summed E-state index contributed by atoms with van der Waals surface area (Å²) in [5.74, 6) is 0. The van der Waals surface area contributed by atoms with Gasteiger partial charge in [0, 0.05) is 23.2 Å². The molecule has 1 aromatic carbocycles. The van der Waals surface area contributed by atoms with Gasteiger partial charge in [-0.15, -0.1) is 12.4 Å². The third-order valence-electron chi connectivity index (χ3n) is 2.04. The monoisotopic (exact) mass is 304 g/mol. The van der Waals surface area contributed by atoms with Crippen LogP contribution in [0.1, 0.15) is 18.0 Å². The van der Waals surface area contributed by atoms with E-state index in [-0.39, 0.29) is 28.7 Å². The van der Waals surface area contributed by atoms with Gasteiger partial charge in [-0.1, -0.05) is 11.6 Å². The number of nitro benzene ring substituents is 1. The molecule has 9 heteroatoms. The summed E-state index contributed by atoms with van der Waals surface area (Å²) in [6.07, 6.45) is -5.73. The lowest BCUT2D eigenvalue weighted by Crippen LogP contribution is -2.20. The number of nitrogens with zero attached hydrogens (tertiary/aromatic N) is 1. The quantitative estimate of drug-likeness (QED) is 0.685. The van der Waals surface area contributed by atoms with Crippen molar-refractivity contribution in [2.24, 2.45) is 5.73 Å². The predicted molar refractivity (Wildman–Crippen MR) is 63.0 cm³/mol. The van der Waals surface area contributed by atoms with E-state index >= 15 is 0 Å². The summed E-state index contributed by atoms with van der Waals surface area (Å²) in [6, 6.07) is 1.80. The Morgan fingerprint density at radius 3 is 2.44 bits per heavy atom. The van der Waals surface area contributed by atoms with Crippen LogP contribution < -0.4 is 5.73 Å². The summed E-state index contributed by atoms with van der Waals surface area (Å²) in [4.78, 5) is 9.75. The molecular weight excluding hydrogens is 296 g/mol. The maximum Gasteiger partial charge on any atom is 0.390 e. The van der Waals surface area contributed by atoms with E-state index in [1.165, 1.54) is 0 Å². The molecule has 0 saturated heterocycles. The average Bonchev–Trinajstić information content (AvgIpc) is 2.14. The van der Waals surface area contributed by atoms with Gasteiger partial charge in [-0.3, -0.25) is 10.1 Å². The number of alkyl halides is 3. The van der Waals surface area contributed by atoms with Crippen LogP contribution in [0.4, 0.5) is 18.9 Å². The number of rotatable bonds is 3. The molecule has 2 N–H and O–H groups in total. The van der Waals surface area contributed by atoms with Crippen LogP contribution in [0.2, 0.25) is 5.02 Å². The highest BCUT2D eigenvalue weighted by atomic mass is 35.5. The maximum absolute atomic E-state index is 12.1. The van der Waals surface area contributed by atoms with Crippen molar-refractivity contribution in [2.45, 2.75) is 18.6 Å². The van der Waals surface area contributed by atoms with Crippen molar-refractivity contribution in [2.75, 3.05) is 0 Å². The highest BCUT2D eigenvalue weighted by Crippen LogP contribution is 2.33. The van der Waals surface area contributed by atoms with Gasteiger partial charge in [0.25, 0.3) is 5.69 Å². The Bertz CT molecular complexity index is 440. The van der Waals surface area contributed by atoms with E-state index in [0.717, 1.165) is 18.2 Å². The van der Waals surface area contributed by atoms with Gasteiger partial charge in [-0.2, -0.15) is 13.2 Å². The van der Waals surface area contributed by atoms with E-state index in [1.807, 2.05) is 0 Å². The van der Waals surface area contributed by atoms with E-state index in [2.05, 4.69) is 0 Å². The first-order chi connectivity index (χ1) is 7.70. The minimum atomic E-state index is -4.45. The molecule has 0 bridgehead atoms. The van der Waals surface area contributed by atoms with E-state index in [9.17, 15) is 23.3 Å². The van der Waals surface area contributed by atoms with Crippen LogP contribution in [0, 0.1) is 10.1 Å². The van der Waals surface area contributed by atoms with Crippen molar-refractivity contribution in [1.29, 1.82) is 0 Å². The lowest BCUT2D eigenvalue weighted by molar-refractivity contribution is -0.384. The van der Waals surface area contributed by atoms with Gasteiger partial charge >= 0.3 is 6.18 Å². The molecule has 0 amide bonds. The first-order valence-electron chi connectivity index (χ1n) is 4.47. The second-order valence-corrected chi connectivity index (χ2v) is 3.80. The van der Waals surface area contributed by atoms with E-state index in [1.54, 1.807) is 0 Å². The minimum absolute atomic E-state index is 0. The second kappa shape index (κ2) is 6.21. The molecule has 0 aliphatic heterocycles. The third kappa shape index (κ3) is 4.67. The molecule has 102 valence electrons. The molecule has 0 aliphatic carbocycles. The molecule has 0 heterocycles. The van der Waals surface area contributed by atoms with Crippen LogP contribution in [0.15, 0.2) is 18.2 Å². The number of hydrogen-bond acceptors (Lipinski definition) is 3. The summed E-state index contributed by atoms with van der Waals surface area (Å²) < 4.78 is 36.4. The van der Waals surface area contributed by atoms with Gasteiger partial charge in [0.2, 0.25) is 0 Å². The normalized spacial score (nSPS) is 12.7. The van der Waals surface area contributed by atoms with Gasteiger partial charge in [0.15, 0.2) is 0 Å². The zero-order chi connectivity index (χ0) is 13.2. The van der Waals surface area contributed by atoms with Gasteiger partial charge < -0.3 is 5.73 Å². The minimum Gasteiger partial charge on any atom is -0.324 e. The van der Waals surface area contributed by atoms with Crippen molar-refractivity contribution in [1.82, 2.24) is 0 Å². The smallest absolute Gasteiger partial charge is 0.324 e. The van der Waals surface area contributed by atoms with Crippen LogP contribution in [0.25, 0.3) is 0 Å². The van der Waals surface area contributed by atoms with E-state index < -0.39 is 23.6 Å². The van der Waals surface area contributed by atoms with Crippen LogP contribution in [0.5, 0.6) is 0 Å². The molecule has 0 aromatic heterocycles. The molecule has 0 radical (unpaired) electrons. The highest BCUT2D eigenvalue weighted by Gasteiger charge is 2.32. The number of hydrogen-bond donors (Lipinski definition) is 1. The molecule has 0 fully saturated rings. The third-order valence-corrected chi connectivity index (χ3v) is 2.39. The molecule has 1 atom stereocenters. The zero-order valence-corrected chi connectivity index (χ0v) is 10.4. The molecule has 1 aromatic rings. The fourth-order valence-electron chi connectivity index (χ4n) is 1.29. The highest BCUT2D eigenvalue weighted by molar-refractivity contribution is 6.31. The average molecular weight is 305 g/mol. The first-order valence-corrected chi connectivity index (χ1v) is 4.84. The van der Waals surface area contributed by atoms with Gasteiger partial charge in [0.05, 0.1) is 11.3 Å². The summed E-state index contributed by atoms with van der Waals surface area (Å²) >= 11 is 5.65. The van der Waals surface area contributed by atoms with Crippen LogP contribution >= 0.6 is 24.0 Å². The van der Waals surface area contributed by atoms with Crippen LogP contribution in [-0.2, 0) is 0 Å². The van der Waals surface area contributed by atoms with Crippen molar-refractivity contribution < 1.29 is 18.1 Å². The summed E-state index contributed by atoms with van der Waals surface area (Å²) in [6.45, 7) is 0. The Morgan fingerprint density at radius 1 is 1.44 bits per heavy atom. The summed E-state index contributed by atoms with van der Waals surface area (Å²) in [7, 11) is 0. The lowest BCUT2D eigenvalue weighted by Gasteiger charge is -2.15. The van der Waals surface area contributed by atoms with Gasteiger partial charge in [-0.05, 0) is 11.6 Å². The SMILES string of the molecule is Cl.N[C@H](CC(F)(F)F)c1cc([N+](=O)[O-])ccc1Cl. The lowest BCUT2D eigenvalue weighted by atomic mass is 10.0. The Balaban J connectivity index is 0.00000289. The zero-order valence-electron chi connectivity index (χ0n) is 8.78. The maximum atomic E-state index is 12.1. The Labute approximate surface area is 111 Å². The molecule has 1 rings (SSSR count). The second-order valence-electron chi connectivity index (χ2n) is 3.39. The Hall–Kier alpha value is -1.05. The molecule has 0 spiro atoms. The molecule has 18 heavy (non-hydrogen) atoms. The Morgan fingerprint density at radius 2 is 2.00 bits per heavy atom. The Kier molecular flexibility index (Phi) is 5.85. The van der Waals surface area contributed by atoms with E-state index in [4.69, 9.17) is 17.3 Å². The number of halogens is 5. The topological polar surface area (TPSA) is 69.2 Å². The van der Waals surface area contributed by atoms with E-state index in [0.29, 0.717) is 0 Å². The fraction of sp³-hybridized carbons (Fsp3) is 0.333. The number of non-ortho nitro benzene ring substituents is 1. The molecule has 0 saturated carbocycles. The van der Waals surface area contributed by atoms with Crippen molar-refractivity contribution in [3.63, 3.8) is 0 Å². The van der Waals surface area contributed by atoms with Crippen molar-refractivity contribution >= 4 is 29.7 Å². The molecule has 0 unspecified atom stereocenters. The van der Waals surface area contributed by atoms with Crippen molar-refractivity contribution in [3.8, 4) is 0 Å². The van der Waals surface area contributed by atoms with Crippen LogP contribution in [0.3, 0.4) is 0 Å². The number of nitrogens with two attached hydrogens (primary N) is 1. The predicted octanol–water partition coefficient (Wildman–Crippen LogP) is 3.62. The van der Waals surface area contributed by atoms with Crippen molar-refractivity contribution in [3.05, 3.63) is 38.9 Å². The fourth-order valence-corrected chi connectivity index (χ4v) is 1.55. The largest absolute Gasteiger partial charge is 0.390 e. The molecule has 4 nitrogen and oxygen atoms in total. The standard InChI is InChI=1S/C9H8ClF3N2O2.ClH/c10-7-2-1-5(15(16)17)3-6(7)8(14)4-9(11,12)13;/h1-3,8H,4,14H2;1H/t8-;/m1./s1. The van der Waals surface area contributed by atoms with Gasteiger partial charge in [-0.25, -0.2) is 0 Å². The number of benzene rings is 1. The van der Waals surface area contributed by atoms with Crippen LogP contribution in [-0.4, -0.2) is 11.1 Å². The molecular formula is C9H9Cl2F3N2O2. The molecule has 0 aliphatic rings. The summed E-state index contributed by atoms with van der Waals surface area (Å²) in [5.41, 5.74) is 4.89. The first kappa shape index (κ1) is 16.9. The number of nitro groups is 1. The summed E-state index contributed by atoms with van der Waals surface area (Å²) in [5, 5.41) is 10.5. The van der Waals surface area contributed by atoms with Gasteiger partial charge in [0.1, 0.15) is 0 Å².